The van der Waals surface area contributed by atoms with E-state index in [9.17, 15) is 23.2 Å². The maximum Gasteiger partial charge on any atom is 0.267 e. The fraction of sp³-hybridized carbons (Fsp3) is 0.200. The highest BCUT2D eigenvalue weighted by atomic mass is 79.9. The monoisotopic (exact) mass is 469 g/mol. The lowest BCUT2D eigenvalue weighted by Crippen LogP contribution is -2.18. The van der Waals surface area contributed by atoms with Crippen LogP contribution in [0.25, 0.3) is 0 Å². The Kier molecular flexibility index (Phi) is 7.23. The minimum Gasteiger partial charge on any atom is -0.321 e. The molecule has 122 valence electrons. The number of hydrogen-bond donors (Lipinski definition) is 1. The Morgan fingerprint density at radius 1 is 1.00 bits per heavy atom. The summed E-state index contributed by atoms with van der Waals surface area (Å²) in [4.78, 5) is 32.7. The van der Waals surface area contributed by atoms with Crippen molar-refractivity contribution in [2.45, 2.75) is 6.42 Å². The topological polar surface area (TPSA) is 73.9 Å². The molecule has 0 spiro atoms. The molecule has 6 nitrogen and oxygen atoms in total. The molecule has 1 rings (SSSR count). The van der Waals surface area contributed by atoms with E-state index in [4.69, 9.17) is 11.6 Å². The molecule has 22 heavy (non-hydrogen) atoms. The average Bonchev–Trinajstić information content (AvgIpc) is 2.51. The van der Waals surface area contributed by atoms with E-state index in [2.05, 4.69) is 52.0 Å². The van der Waals surface area contributed by atoms with Gasteiger partial charge in [-0.05, 0) is 31.9 Å². The van der Waals surface area contributed by atoms with Gasteiger partial charge in [-0.25, -0.2) is 0 Å². The first-order valence-electron chi connectivity index (χ1n) is 5.19. The minimum absolute atomic E-state index is 0.153. The second-order valence-corrected chi connectivity index (χ2v) is 5.47. The molecule has 1 amide bonds. The van der Waals surface area contributed by atoms with Crippen LogP contribution < -0.4 is 20.1 Å². The Labute approximate surface area is 142 Å². The zero-order valence-corrected chi connectivity index (χ0v) is 14.2. The van der Waals surface area contributed by atoms with Crippen LogP contribution in [0.15, 0.2) is 8.95 Å². The molecule has 1 aromatic rings. The van der Waals surface area contributed by atoms with Crippen molar-refractivity contribution >= 4 is 60.8 Å². The lowest BCUT2D eigenvalue weighted by atomic mass is 10.2. The first-order valence-corrected chi connectivity index (χ1v) is 7.31. The van der Waals surface area contributed by atoms with Crippen LogP contribution in [0.2, 0.25) is 0 Å². The summed E-state index contributed by atoms with van der Waals surface area (Å²) >= 11 is 11.0. The standard InChI is InChI=1S/C10H5Br2ClF3NO5/c11-5-6(12)8(20-14)10(22-16)9(21-15)7(5)17-4(19)1-3(18)2-13/h1-2H2,(H,17,19). The molecule has 0 fully saturated rings. The first-order chi connectivity index (χ1) is 10.4. The molecule has 0 saturated carbocycles. The number of hydrogen-bond acceptors (Lipinski definition) is 5. The fourth-order valence-corrected chi connectivity index (χ4v) is 2.35. The van der Waals surface area contributed by atoms with E-state index in [0.717, 1.165) is 0 Å². The van der Waals surface area contributed by atoms with Gasteiger partial charge in [-0.2, -0.15) is 0 Å². The zero-order chi connectivity index (χ0) is 16.9. The van der Waals surface area contributed by atoms with E-state index in [0.29, 0.717) is 0 Å². The Morgan fingerprint density at radius 2 is 1.55 bits per heavy atom. The maximum atomic E-state index is 12.6. The molecule has 0 bridgehead atoms. The summed E-state index contributed by atoms with van der Waals surface area (Å²) in [6.45, 7) is 0. The van der Waals surface area contributed by atoms with Crippen LogP contribution in [-0.4, -0.2) is 17.6 Å². The molecule has 0 unspecified atom stereocenters. The molecule has 0 aliphatic rings. The molecule has 12 heteroatoms. The predicted molar refractivity (Wildman–Crippen MR) is 76.0 cm³/mol. The summed E-state index contributed by atoms with van der Waals surface area (Å²) in [6, 6.07) is 0. The normalized spacial score (nSPS) is 10.1. The van der Waals surface area contributed by atoms with Crippen LogP contribution in [0, 0.1) is 0 Å². The smallest absolute Gasteiger partial charge is 0.267 e. The van der Waals surface area contributed by atoms with Gasteiger partial charge in [-0.15, -0.1) is 11.6 Å². The van der Waals surface area contributed by atoms with Crippen LogP contribution >= 0.6 is 43.5 Å². The lowest BCUT2D eigenvalue weighted by molar-refractivity contribution is -0.124. The van der Waals surface area contributed by atoms with Crippen molar-refractivity contribution in [2.24, 2.45) is 0 Å². The van der Waals surface area contributed by atoms with Crippen LogP contribution in [0.5, 0.6) is 17.2 Å². The van der Waals surface area contributed by atoms with Crippen molar-refractivity contribution in [3.63, 3.8) is 0 Å². The highest BCUT2D eigenvalue weighted by molar-refractivity contribution is 9.13. The Balaban J connectivity index is 3.32. The van der Waals surface area contributed by atoms with E-state index >= 15 is 0 Å². The molecule has 0 aromatic heterocycles. The highest BCUT2D eigenvalue weighted by Gasteiger charge is 2.30. The molecular weight excluding hydrogens is 466 g/mol. The van der Waals surface area contributed by atoms with E-state index < -0.39 is 46.9 Å². The van der Waals surface area contributed by atoms with Crippen molar-refractivity contribution in [1.82, 2.24) is 0 Å². The Morgan fingerprint density at radius 3 is 2.00 bits per heavy atom. The average molecular weight is 471 g/mol. The predicted octanol–water partition coefficient (Wildman–Crippen LogP) is 4.14. The fourth-order valence-electron chi connectivity index (χ4n) is 1.36. The second-order valence-electron chi connectivity index (χ2n) is 3.62. The van der Waals surface area contributed by atoms with Crippen molar-refractivity contribution in [1.29, 1.82) is 0 Å². The number of amides is 1. The van der Waals surface area contributed by atoms with Crippen LogP contribution in [0.4, 0.5) is 19.3 Å². The van der Waals surface area contributed by atoms with Crippen molar-refractivity contribution < 1.29 is 38.0 Å². The van der Waals surface area contributed by atoms with Gasteiger partial charge in [0.2, 0.25) is 17.4 Å². The van der Waals surface area contributed by atoms with Gasteiger partial charge < -0.3 is 5.32 Å². The SMILES string of the molecule is O=C(CCl)CC(=O)Nc1c(Br)c(Br)c(OF)c(OF)c1OF. The van der Waals surface area contributed by atoms with Crippen LogP contribution in [0.1, 0.15) is 6.42 Å². The summed E-state index contributed by atoms with van der Waals surface area (Å²) in [5, 5.41) is 2.08. The van der Waals surface area contributed by atoms with E-state index in [-0.39, 0.29) is 8.95 Å². The maximum absolute atomic E-state index is 12.6. The third kappa shape index (κ3) is 3.96. The zero-order valence-electron chi connectivity index (χ0n) is 10.2. The van der Waals surface area contributed by atoms with Crippen LogP contribution in [-0.2, 0) is 9.59 Å². The summed E-state index contributed by atoms with van der Waals surface area (Å²) < 4.78 is 37.2. The summed E-state index contributed by atoms with van der Waals surface area (Å²) in [5.41, 5.74) is -0.463. The summed E-state index contributed by atoms with van der Waals surface area (Å²) in [5.74, 6) is -4.91. The number of anilines is 1. The van der Waals surface area contributed by atoms with Crippen molar-refractivity contribution in [3.8, 4) is 17.2 Å². The number of Topliss-reactive ketones (excluding diaryl/α,β-unsaturated/α-hetero) is 1. The number of alkyl halides is 1. The number of carbonyl (C=O) groups excluding carboxylic acids is 2. The van der Waals surface area contributed by atoms with Gasteiger partial charge in [-0.1, -0.05) is 0 Å². The number of halogens is 6. The number of carbonyl (C=O) groups is 2. The molecule has 1 aromatic carbocycles. The van der Waals surface area contributed by atoms with Crippen LogP contribution in [0.3, 0.4) is 0 Å². The lowest BCUT2D eigenvalue weighted by Gasteiger charge is -2.14. The largest absolute Gasteiger partial charge is 0.321 e. The van der Waals surface area contributed by atoms with E-state index in [1.807, 2.05) is 0 Å². The molecule has 0 radical (unpaired) electrons. The number of rotatable bonds is 7. The number of nitrogens with one attached hydrogen (secondary N) is 1. The van der Waals surface area contributed by atoms with Gasteiger partial charge >= 0.3 is 0 Å². The minimum atomic E-state index is -1.11. The third-order valence-corrected chi connectivity index (χ3v) is 4.63. The molecule has 1 N–H and O–H groups in total. The molecule has 0 aliphatic carbocycles. The number of ketones is 1. The Hall–Kier alpha value is -1.20. The van der Waals surface area contributed by atoms with Crippen molar-refractivity contribution in [2.75, 3.05) is 11.2 Å². The van der Waals surface area contributed by atoms with Gasteiger partial charge in [0.1, 0.15) is 5.69 Å². The molecule has 0 heterocycles. The molecule has 0 atom stereocenters. The Bertz CT molecular complexity index is 605. The summed E-state index contributed by atoms with van der Waals surface area (Å²) in [7, 11) is 0. The van der Waals surface area contributed by atoms with E-state index in [1.54, 1.807) is 0 Å². The quantitative estimate of drug-likeness (QED) is 0.478. The first kappa shape index (κ1) is 18.8. The molecular formula is C10H5Br2ClF3NO5. The molecule has 0 saturated heterocycles. The van der Waals surface area contributed by atoms with Gasteiger partial charge in [0.05, 0.1) is 21.2 Å². The second kappa shape index (κ2) is 8.44. The van der Waals surface area contributed by atoms with E-state index in [1.165, 1.54) is 0 Å². The van der Waals surface area contributed by atoms with Gasteiger partial charge in [-0.3, -0.25) is 24.4 Å². The van der Waals surface area contributed by atoms with Gasteiger partial charge in [0, 0.05) is 13.6 Å². The summed E-state index contributed by atoms with van der Waals surface area (Å²) in [6.07, 6.45) is -0.619. The van der Waals surface area contributed by atoms with Gasteiger partial charge in [0.15, 0.2) is 5.78 Å². The molecule has 0 aliphatic heterocycles. The van der Waals surface area contributed by atoms with Gasteiger partial charge in [0.25, 0.3) is 5.75 Å². The highest BCUT2D eigenvalue weighted by Crippen LogP contribution is 2.53. The third-order valence-electron chi connectivity index (χ3n) is 2.25. The van der Waals surface area contributed by atoms with Crippen molar-refractivity contribution in [3.05, 3.63) is 8.95 Å². The number of benzene rings is 1.